The number of fused-ring (bicyclic) bond motifs is 1. The number of rotatable bonds is 2. The number of ether oxygens (including phenoxy) is 2. The molecule has 15 heavy (non-hydrogen) atoms. The quantitative estimate of drug-likeness (QED) is 0.610. The summed E-state index contributed by atoms with van der Waals surface area (Å²) >= 11 is 3.37. The fourth-order valence-electron chi connectivity index (χ4n) is 1.40. The van der Waals surface area contributed by atoms with Gasteiger partial charge in [0.2, 0.25) is 6.08 Å². The monoisotopic (exact) mass is 269 g/mol. The number of hydrogen-bond acceptors (Lipinski definition) is 4. The second-order valence-corrected chi connectivity index (χ2v) is 3.82. The van der Waals surface area contributed by atoms with Crippen molar-refractivity contribution in [2.45, 2.75) is 6.54 Å². The second kappa shape index (κ2) is 4.47. The molecule has 0 saturated heterocycles. The molecule has 1 aliphatic rings. The van der Waals surface area contributed by atoms with Gasteiger partial charge in [-0.2, -0.15) is 0 Å². The zero-order valence-corrected chi connectivity index (χ0v) is 9.41. The molecule has 0 fully saturated rings. The van der Waals surface area contributed by atoms with Gasteiger partial charge < -0.3 is 9.47 Å². The van der Waals surface area contributed by atoms with Gasteiger partial charge in [-0.05, 0) is 22.0 Å². The smallest absolute Gasteiger partial charge is 0.235 e. The van der Waals surface area contributed by atoms with E-state index in [1.165, 1.54) is 6.08 Å². The van der Waals surface area contributed by atoms with Crippen molar-refractivity contribution in [3.8, 4) is 11.5 Å². The molecule has 0 bridgehead atoms. The molecule has 2 rings (SSSR count). The first-order valence-corrected chi connectivity index (χ1v) is 5.23. The summed E-state index contributed by atoms with van der Waals surface area (Å²) in [5, 5.41) is 0. The standard InChI is InChI=1S/C10H8BrNO3/c11-8-2-1-7(5-12-6-13)9-10(8)15-4-3-14-9/h1-2H,3-5H2. The minimum absolute atomic E-state index is 0.266. The Morgan fingerprint density at radius 1 is 1.33 bits per heavy atom. The number of halogens is 1. The number of carbonyl (C=O) groups excluding carboxylic acids is 1. The molecule has 1 aliphatic heterocycles. The second-order valence-electron chi connectivity index (χ2n) is 2.97. The van der Waals surface area contributed by atoms with Crippen LogP contribution in [0.5, 0.6) is 11.5 Å². The summed E-state index contributed by atoms with van der Waals surface area (Å²) in [5.74, 6) is 1.34. The molecule has 0 N–H and O–H groups in total. The first-order valence-electron chi connectivity index (χ1n) is 4.43. The van der Waals surface area contributed by atoms with E-state index in [1.54, 1.807) is 0 Å². The number of isocyanates is 1. The predicted octanol–water partition coefficient (Wildman–Crippen LogP) is 2.06. The fraction of sp³-hybridized carbons (Fsp3) is 0.300. The molecule has 4 nitrogen and oxygen atoms in total. The van der Waals surface area contributed by atoms with Crippen LogP contribution < -0.4 is 9.47 Å². The molecule has 0 atom stereocenters. The Balaban J connectivity index is 2.42. The average Bonchev–Trinajstić information content (AvgIpc) is 2.29. The van der Waals surface area contributed by atoms with Crippen molar-refractivity contribution >= 4 is 22.0 Å². The van der Waals surface area contributed by atoms with Crippen molar-refractivity contribution in [1.82, 2.24) is 0 Å². The third kappa shape index (κ3) is 2.03. The van der Waals surface area contributed by atoms with E-state index in [9.17, 15) is 4.79 Å². The lowest BCUT2D eigenvalue weighted by atomic mass is 10.2. The lowest BCUT2D eigenvalue weighted by molar-refractivity contribution is 0.169. The van der Waals surface area contributed by atoms with Gasteiger partial charge in [-0.3, -0.25) is 0 Å². The molecule has 0 spiro atoms. The summed E-state index contributed by atoms with van der Waals surface area (Å²) in [4.78, 5) is 13.6. The van der Waals surface area contributed by atoms with Crippen LogP contribution in [0.1, 0.15) is 5.56 Å². The van der Waals surface area contributed by atoms with Crippen LogP contribution in [0.15, 0.2) is 21.6 Å². The van der Waals surface area contributed by atoms with E-state index >= 15 is 0 Å². The molecule has 0 amide bonds. The maximum absolute atomic E-state index is 10.0. The third-order valence-corrected chi connectivity index (χ3v) is 2.66. The van der Waals surface area contributed by atoms with Gasteiger partial charge in [-0.1, -0.05) is 6.07 Å². The predicted molar refractivity (Wildman–Crippen MR) is 57.0 cm³/mol. The molecule has 5 heteroatoms. The number of benzene rings is 1. The molecule has 1 heterocycles. The summed E-state index contributed by atoms with van der Waals surface area (Å²) in [5.41, 5.74) is 0.830. The maximum Gasteiger partial charge on any atom is 0.235 e. The first kappa shape index (κ1) is 10.2. The van der Waals surface area contributed by atoms with Crippen LogP contribution >= 0.6 is 15.9 Å². The molecule has 0 unspecified atom stereocenters. The average molecular weight is 270 g/mol. The van der Waals surface area contributed by atoms with Crippen LogP contribution in [-0.4, -0.2) is 19.3 Å². The highest BCUT2D eigenvalue weighted by atomic mass is 79.9. The van der Waals surface area contributed by atoms with Crippen molar-refractivity contribution in [3.05, 3.63) is 22.2 Å². The van der Waals surface area contributed by atoms with E-state index in [0.29, 0.717) is 24.7 Å². The van der Waals surface area contributed by atoms with E-state index in [0.717, 1.165) is 10.0 Å². The minimum atomic E-state index is 0.266. The van der Waals surface area contributed by atoms with Crippen LogP contribution in [0.4, 0.5) is 0 Å². The lowest BCUT2D eigenvalue weighted by Gasteiger charge is -2.21. The molecular formula is C10H8BrNO3. The minimum Gasteiger partial charge on any atom is -0.486 e. The van der Waals surface area contributed by atoms with Gasteiger partial charge >= 0.3 is 0 Å². The molecule has 0 aromatic heterocycles. The highest BCUT2D eigenvalue weighted by Gasteiger charge is 2.18. The van der Waals surface area contributed by atoms with Gasteiger partial charge in [0.15, 0.2) is 11.5 Å². The van der Waals surface area contributed by atoms with E-state index in [4.69, 9.17) is 9.47 Å². The van der Waals surface area contributed by atoms with Crippen LogP contribution in [0.3, 0.4) is 0 Å². The molecular weight excluding hydrogens is 262 g/mol. The largest absolute Gasteiger partial charge is 0.486 e. The van der Waals surface area contributed by atoms with Crippen molar-refractivity contribution in [2.75, 3.05) is 13.2 Å². The van der Waals surface area contributed by atoms with Crippen molar-refractivity contribution in [3.63, 3.8) is 0 Å². The Morgan fingerprint density at radius 3 is 2.80 bits per heavy atom. The van der Waals surface area contributed by atoms with Crippen LogP contribution in [-0.2, 0) is 11.3 Å². The fourth-order valence-corrected chi connectivity index (χ4v) is 1.83. The molecule has 78 valence electrons. The molecule has 0 aliphatic carbocycles. The maximum atomic E-state index is 10.0. The summed E-state index contributed by atoms with van der Waals surface area (Å²) in [6.45, 7) is 1.32. The van der Waals surface area contributed by atoms with E-state index in [2.05, 4.69) is 20.9 Å². The van der Waals surface area contributed by atoms with Gasteiger partial charge in [-0.25, -0.2) is 9.79 Å². The normalized spacial score (nSPS) is 13.1. The Bertz CT molecular complexity index is 427. The van der Waals surface area contributed by atoms with Crippen molar-refractivity contribution < 1.29 is 14.3 Å². The summed E-state index contributed by atoms with van der Waals surface area (Å²) in [6.07, 6.45) is 1.50. The molecule has 0 saturated carbocycles. The van der Waals surface area contributed by atoms with Crippen molar-refractivity contribution in [1.29, 1.82) is 0 Å². The number of hydrogen-bond donors (Lipinski definition) is 0. The summed E-state index contributed by atoms with van der Waals surface area (Å²) in [7, 11) is 0. The SMILES string of the molecule is O=C=NCc1ccc(Br)c2c1OCCO2. The molecule has 0 radical (unpaired) electrons. The van der Waals surface area contributed by atoms with Crippen LogP contribution in [0.2, 0.25) is 0 Å². The zero-order chi connectivity index (χ0) is 10.7. The van der Waals surface area contributed by atoms with Gasteiger partial charge in [0.1, 0.15) is 13.2 Å². The third-order valence-electron chi connectivity index (χ3n) is 2.04. The lowest BCUT2D eigenvalue weighted by Crippen LogP contribution is -2.16. The van der Waals surface area contributed by atoms with Crippen molar-refractivity contribution in [2.24, 2.45) is 4.99 Å². The van der Waals surface area contributed by atoms with Gasteiger partial charge in [0, 0.05) is 5.56 Å². The Labute approximate surface area is 95.0 Å². The Hall–Kier alpha value is -1.32. The topological polar surface area (TPSA) is 47.9 Å². The summed E-state index contributed by atoms with van der Waals surface area (Å²) in [6, 6.07) is 3.70. The molecule has 1 aromatic carbocycles. The highest BCUT2D eigenvalue weighted by molar-refractivity contribution is 9.10. The molecule has 1 aromatic rings. The van der Waals surface area contributed by atoms with Crippen LogP contribution in [0.25, 0.3) is 0 Å². The zero-order valence-electron chi connectivity index (χ0n) is 7.83. The van der Waals surface area contributed by atoms with Gasteiger partial charge in [0.25, 0.3) is 0 Å². The Morgan fingerprint density at radius 2 is 2.07 bits per heavy atom. The van der Waals surface area contributed by atoms with E-state index in [-0.39, 0.29) is 6.54 Å². The summed E-state index contributed by atoms with van der Waals surface area (Å²) < 4.78 is 11.8. The number of nitrogens with zero attached hydrogens (tertiary/aromatic N) is 1. The van der Waals surface area contributed by atoms with Crippen LogP contribution in [0, 0.1) is 0 Å². The van der Waals surface area contributed by atoms with Gasteiger partial charge in [0.05, 0.1) is 11.0 Å². The van der Waals surface area contributed by atoms with Gasteiger partial charge in [-0.15, -0.1) is 0 Å². The Kier molecular flexibility index (Phi) is 3.04. The number of aliphatic imine (C=N–C) groups is 1. The first-order chi connectivity index (χ1) is 7.33. The van der Waals surface area contributed by atoms with E-state index in [1.807, 2.05) is 12.1 Å². The highest BCUT2D eigenvalue weighted by Crippen LogP contribution is 2.40. The van der Waals surface area contributed by atoms with E-state index < -0.39 is 0 Å².